The standard InChI is InChI=1S/C25H31N3O.2ClH/c1-18-10-11-23-22(14-18)21-8-5-9-24-25(21)28(23)13-12-27(24)17-20(29)16-26-15-19-6-3-2-4-7-19;;/h2-4,6-7,10-11,14,20,24,26,29H,5,8-9,12-13,15-17H2,1H3;2*1H. The van der Waals surface area contributed by atoms with Gasteiger partial charge >= 0.3 is 0 Å². The van der Waals surface area contributed by atoms with E-state index in [-0.39, 0.29) is 30.9 Å². The Balaban J connectivity index is 0.00000136. The van der Waals surface area contributed by atoms with Crippen molar-refractivity contribution in [1.82, 2.24) is 4.57 Å². The van der Waals surface area contributed by atoms with E-state index in [9.17, 15) is 5.11 Å². The SMILES string of the molecule is Cc1ccc2c(c1)c1c3n2CC[NH+](CC(O)C[NH2+]Cc2ccccc2)C3CCC1.[Cl-].[Cl-]. The van der Waals surface area contributed by atoms with E-state index in [2.05, 4.69) is 65.3 Å². The molecule has 2 heterocycles. The van der Waals surface area contributed by atoms with Gasteiger partial charge < -0.3 is 44.7 Å². The molecule has 0 bridgehead atoms. The van der Waals surface area contributed by atoms with E-state index in [1.165, 1.54) is 41.3 Å². The fourth-order valence-corrected chi connectivity index (χ4v) is 5.59. The average Bonchev–Trinajstić information content (AvgIpc) is 3.05. The summed E-state index contributed by atoms with van der Waals surface area (Å²) in [5.41, 5.74) is 7.25. The first kappa shape index (κ1) is 24.1. The largest absolute Gasteiger partial charge is 1.00 e. The Hall–Kier alpha value is -1.56. The van der Waals surface area contributed by atoms with Gasteiger partial charge in [0.1, 0.15) is 25.7 Å². The third kappa shape index (κ3) is 4.79. The number of quaternary nitrogens is 2. The molecular formula is C25H33Cl2N3O. The van der Waals surface area contributed by atoms with Gasteiger partial charge in [-0.3, -0.25) is 0 Å². The monoisotopic (exact) mass is 461 g/mol. The predicted molar refractivity (Wildman–Crippen MR) is 116 cm³/mol. The number of benzene rings is 2. The molecule has 1 aromatic heterocycles. The summed E-state index contributed by atoms with van der Waals surface area (Å²) in [4.78, 5) is 1.58. The molecule has 4 nitrogen and oxygen atoms in total. The Morgan fingerprint density at radius 2 is 1.97 bits per heavy atom. The van der Waals surface area contributed by atoms with Crippen LogP contribution >= 0.6 is 0 Å². The third-order valence-corrected chi connectivity index (χ3v) is 6.93. The van der Waals surface area contributed by atoms with Gasteiger partial charge in [-0.1, -0.05) is 42.0 Å². The molecule has 0 fully saturated rings. The molecule has 5 rings (SSSR count). The Bertz CT molecular complexity index is 1000. The van der Waals surface area contributed by atoms with E-state index in [4.69, 9.17) is 0 Å². The van der Waals surface area contributed by atoms with Crippen molar-refractivity contribution in [2.75, 3.05) is 19.6 Å². The van der Waals surface area contributed by atoms with Crippen LogP contribution in [0.5, 0.6) is 0 Å². The van der Waals surface area contributed by atoms with E-state index >= 15 is 0 Å². The smallest absolute Gasteiger partial charge is 0.151 e. The molecule has 1 aliphatic carbocycles. The second kappa shape index (κ2) is 10.4. The number of hydrogen-bond acceptors (Lipinski definition) is 1. The van der Waals surface area contributed by atoms with E-state index in [0.717, 1.165) is 32.7 Å². The van der Waals surface area contributed by atoms with Gasteiger partial charge in [0.05, 0.1) is 18.8 Å². The highest BCUT2D eigenvalue weighted by Gasteiger charge is 2.38. The highest BCUT2D eigenvalue weighted by Crippen LogP contribution is 2.37. The number of aliphatic hydroxyl groups is 1. The van der Waals surface area contributed by atoms with Gasteiger partial charge in [0, 0.05) is 22.9 Å². The van der Waals surface area contributed by atoms with Gasteiger partial charge in [-0.05, 0) is 37.5 Å². The molecule has 168 valence electrons. The zero-order chi connectivity index (χ0) is 19.8. The summed E-state index contributed by atoms with van der Waals surface area (Å²) in [6, 6.07) is 18.0. The molecule has 4 N–H and O–H groups in total. The van der Waals surface area contributed by atoms with Crippen LogP contribution < -0.4 is 35.0 Å². The van der Waals surface area contributed by atoms with Crippen LogP contribution in [0.25, 0.3) is 10.9 Å². The van der Waals surface area contributed by atoms with Crippen molar-refractivity contribution in [3.8, 4) is 0 Å². The predicted octanol–water partition coefficient (Wildman–Crippen LogP) is -4.64. The Morgan fingerprint density at radius 1 is 1.16 bits per heavy atom. The van der Waals surface area contributed by atoms with E-state index < -0.39 is 0 Å². The van der Waals surface area contributed by atoms with Gasteiger partial charge in [0.25, 0.3) is 0 Å². The topological polar surface area (TPSA) is 46.2 Å². The van der Waals surface area contributed by atoms with Gasteiger partial charge in [-0.2, -0.15) is 0 Å². The Morgan fingerprint density at radius 3 is 2.77 bits per heavy atom. The molecule has 3 aromatic rings. The highest BCUT2D eigenvalue weighted by atomic mass is 35.5. The van der Waals surface area contributed by atoms with E-state index in [1.807, 2.05) is 0 Å². The van der Waals surface area contributed by atoms with Gasteiger partial charge in [0.15, 0.2) is 6.10 Å². The maximum Gasteiger partial charge on any atom is 0.151 e. The fraction of sp³-hybridized carbons (Fsp3) is 0.440. The van der Waals surface area contributed by atoms with Crippen molar-refractivity contribution in [2.45, 2.75) is 51.4 Å². The third-order valence-electron chi connectivity index (χ3n) is 6.93. The first-order valence-electron chi connectivity index (χ1n) is 11.2. The summed E-state index contributed by atoms with van der Waals surface area (Å²) in [7, 11) is 0. The summed E-state index contributed by atoms with van der Waals surface area (Å²) < 4.78 is 2.59. The van der Waals surface area contributed by atoms with Crippen LogP contribution in [0.4, 0.5) is 0 Å². The van der Waals surface area contributed by atoms with Crippen LogP contribution in [-0.2, 0) is 19.5 Å². The lowest BCUT2D eigenvalue weighted by Crippen LogP contribution is -3.15. The van der Waals surface area contributed by atoms with Crippen LogP contribution in [0.15, 0.2) is 48.5 Å². The molecule has 0 saturated heterocycles. The number of aromatic nitrogens is 1. The summed E-state index contributed by atoms with van der Waals surface area (Å²) in [6.45, 7) is 6.96. The number of nitrogens with one attached hydrogen (secondary N) is 1. The number of fused-ring (bicyclic) bond motifs is 3. The van der Waals surface area contributed by atoms with Crippen molar-refractivity contribution in [2.24, 2.45) is 0 Å². The van der Waals surface area contributed by atoms with Crippen molar-refractivity contribution >= 4 is 10.9 Å². The van der Waals surface area contributed by atoms with Crippen molar-refractivity contribution in [3.05, 3.63) is 70.9 Å². The zero-order valence-electron chi connectivity index (χ0n) is 18.2. The van der Waals surface area contributed by atoms with Gasteiger partial charge in [-0.15, -0.1) is 0 Å². The van der Waals surface area contributed by atoms with Crippen LogP contribution in [0.1, 0.15) is 41.3 Å². The lowest BCUT2D eigenvalue weighted by Gasteiger charge is -2.37. The zero-order valence-corrected chi connectivity index (χ0v) is 19.7. The molecule has 0 radical (unpaired) electrons. The van der Waals surface area contributed by atoms with Gasteiger partial charge in [-0.25, -0.2) is 0 Å². The number of rotatable bonds is 6. The van der Waals surface area contributed by atoms with Crippen LogP contribution in [0.2, 0.25) is 0 Å². The maximum atomic E-state index is 10.7. The van der Waals surface area contributed by atoms with Crippen LogP contribution in [0.3, 0.4) is 0 Å². The summed E-state index contributed by atoms with van der Waals surface area (Å²) in [5.74, 6) is 0. The molecule has 31 heavy (non-hydrogen) atoms. The molecule has 2 aliphatic rings. The molecule has 3 atom stereocenters. The number of halogens is 2. The van der Waals surface area contributed by atoms with Crippen LogP contribution in [0, 0.1) is 6.92 Å². The number of nitrogens with two attached hydrogens (primary N) is 1. The second-order valence-corrected chi connectivity index (χ2v) is 8.96. The first-order chi connectivity index (χ1) is 14.2. The number of nitrogens with zero attached hydrogens (tertiary/aromatic N) is 1. The second-order valence-electron chi connectivity index (χ2n) is 8.96. The molecule has 0 amide bonds. The number of hydrogen-bond donors (Lipinski definition) is 3. The molecule has 6 heteroatoms. The van der Waals surface area contributed by atoms with Crippen LogP contribution in [-0.4, -0.2) is 35.4 Å². The average molecular weight is 462 g/mol. The van der Waals surface area contributed by atoms with E-state index in [1.54, 1.807) is 16.2 Å². The number of aryl methyl sites for hydroxylation is 2. The lowest BCUT2D eigenvalue weighted by atomic mass is 9.89. The molecule has 2 aromatic carbocycles. The fourth-order valence-electron chi connectivity index (χ4n) is 5.59. The summed E-state index contributed by atoms with van der Waals surface area (Å²) >= 11 is 0. The normalized spacial score (nSPS) is 20.5. The lowest BCUT2D eigenvalue weighted by molar-refractivity contribution is -0.941. The summed E-state index contributed by atoms with van der Waals surface area (Å²) in [5, 5.41) is 14.5. The Kier molecular flexibility index (Phi) is 8.06. The quantitative estimate of drug-likeness (QED) is 0.339. The first-order valence-corrected chi connectivity index (χ1v) is 11.2. The highest BCUT2D eigenvalue weighted by molar-refractivity contribution is 5.86. The molecule has 3 unspecified atom stereocenters. The molecule has 0 saturated carbocycles. The molecular weight excluding hydrogens is 429 g/mol. The molecule has 1 aliphatic heterocycles. The maximum absolute atomic E-state index is 10.7. The van der Waals surface area contributed by atoms with Crippen molar-refractivity contribution < 1.29 is 40.1 Å². The minimum absolute atomic E-state index is 0. The number of aliphatic hydroxyl groups excluding tert-OH is 1. The van der Waals surface area contributed by atoms with Crippen molar-refractivity contribution in [1.29, 1.82) is 0 Å². The van der Waals surface area contributed by atoms with Gasteiger partial charge in [0.2, 0.25) is 0 Å². The minimum Gasteiger partial charge on any atom is -1.00 e. The van der Waals surface area contributed by atoms with Crippen molar-refractivity contribution in [3.63, 3.8) is 0 Å². The minimum atomic E-state index is -0.253. The van der Waals surface area contributed by atoms with E-state index in [0.29, 0.717) is 6.04 Å². The molecule has 0 spiro atoms. The summed E-state index contributed by atoms with van der Waals surface area (Å²) in [6.07, 6.45) is 3.47. The Labute approximate surface area is 197 Å².